The van der Waals surface area contributed by atoms with E-state index in [-0.39, 0.29) is 0 Å². The van der Waals surface area contributed by atoms with Crippen molar-refractivity contribution < 1.29 is 34.0 Å². The number of rotatable bonds is 9. The number of carboxylic acids is 2. The predicted molar refractivity (Wildman–Crippen MR) is 108 cm³/mol. The SMILES string of the molecule is CCOc1ccc(CNCCc2ccc(OC)c(OC)c2)cc1.O=C(O)C(=O)O. The van der Waals surface area contributed by atoms with Gasteiger partial charge in [0.1, 0.15) is 5.75 Å². The molecule has 0 spiro atoms. The van der Waals surface area contributed by atoms with Crippen LogP contribution in [0.1, 0.15) is 18.1 Å². The molecule has 0 aliphatic carbocycles. The first-order valence-electron chi connectivity index (χ1n) is 9.00. The molecule has 2 rings (SSSR count). The van der Waals surface area contributed by atoms with Gasteiger partial charge in [-0.3, -0.25) is 0 Å². The van der Waals surface area contributed by atoms with E-state index in [4.69, 9.17) is 34.0 Å². The first kappa shape index (κ1) is 23.8. The zero-order chi connectivity index (χ0) is 21.6. The monoisotopic (exact) mass is 405 g/mol. The van der Waals surface area contributed by atoms with Crippen LogP contribution in [0.3, 0.4) is 0 Å². The lowest BCUT2D eigenvalue weighted by molar-refractivity contribution is -0.159. The number of ether oxygens (including phenoxy) is 3. The summed E-state index contributed by atoms with van der Waals surface area (Å²) in [5.41, 5.74) is 2.47. The second kappa shape index (κ2) is 13.0. The van der Waals surface area contributed by atoms with E-state index in [9.17, 15) is 0 Å². The molecule has 0 amide bonds. The molecule has 2 aromatic carbocycles. The van der Waals surface area contributed by atoms with Crippen molar-refractivity contribution in [1.82, 2.24) is 5.32 Å². The molecule has 29 heavy (non-hydrogen) atoms. The van der Waals surface area contributed by atoms with Gasteiger partial charge in [-0.1, -0.05) is 18.2 Å². The van der Waals surface area contributed by atoms with E-state index in [1.807, 2.05) is 31.2 Å². The fourth-order valence-electron chi connectivity index (χ4n) is 2.37. The lowest BCUT2D eigenvalue weighted by Gasteiger charge is -2.10. The van der Waals surface area contributed by atoms with Crippen LogP contribution in [0.5, 0.6) is 17.2 Å². The van der Waals surface area contributed by atoms with Crippen LogP contribution in [0, 0.1) is 0 Å². The Labute approximate surface area is 170 Å². The molecule has 0 radical (unpaired) electrons. The average molecular weight is 405 g/mol. The predicted octanol–water partition coefficient (Wildman–Crippen LogP) is 2.59. The van der Waals surface area contributed by atoms with Crippen LogP contribution in [0.15, 0.2) is 42.5 Å². The van der Waals surface area contributed by atoms with Gasteiger partial charge in [-0.25, -0.2) is 9.59 Å². The Balaban J connectivity index is 0.000000612. The first-order valence-corrected chi connectivity index (χ1v) is 9.00. The molecule has 0 aliphatic rings. The minimum absolute atomic E-state index is 0.697. The molecule has 2 aromatic rings. The quantitative estimate of drug-likeness (QED) is 0.431. The van der Waals surface area contributed by atoms with E-state index in [1.54, 1.807) is 14.2 Å². The summed E-state index contributed by atoms with van der Waals surface area (Å²) in [6, 6.07) is 14.2. The van der Waals surface area contributed by atoms with Crippen LogP contribution in [0.4, 0.5) is 0 Å². The van der Waals surface area contributed by atoms with Gasteiger partial charge < -0.3 is 29.7 Å². The smallest absolute Gasteiger partial charge is 0.414 e. The van der Waals surface area contributed by atoms with E-state index in [0.717, 1.165) is 36.8 Å². The molecule has 3 N–H and O–H groups in total. The summed E-state index contributed by atoms with van der Waals surface area (Å²) in [5.74, 6) is -1.19. The van der Waals surface area contributed by atoms with Crippen LogP contribution >= 0.6 is 0 Å². The molecule has 0 saturated carbocycles. The molecule has 0 fully saturated rings. The molecule has 0 aromatic heterocycles. The lowest BCUT2D eigenvalue weighted by atomic mass is 10.1. The van der Waals surface area contributed by atoms with E-state index in [1.165, 1.54) is 11.1 Å². The van der Waals surface area contributed by atoms with Gasteiger partial charge in [0, 0.05) is 6.54 Å². The molecule has 8 nitrogen and oxygen atoms in total. The molecule has 0 bridgehead atoms. The average Bonchev–Trinajstić information content (AvgIpc) is 2.72. The van der Waals surface area contributed by atoms with Crippen molar-refractivity contribution in [2.75, 3.05) is 27.4 Å². The Bertz CT molecular complexity index is 763. The van der Waals surface area contributed by atoms with Gasteiger partial charge in [0.25, 0.3) is 0 Å². The van der Waals surface area contributed by atoms with Crippen LogP contribution in [0.2, 0.25) is 0 Å². The number of hydrogen-bond donors (Lipinski definition) is 3. The number of methoxy groups -OCH3 is 2. The summed E-state index contributed by atoms with van der Waals surface area (Å²) in [6.45, 7) is 4.44. The highest BCUT2D eigenvalue weighted by Gasteiger charge is 2.05. The standard InChI is InChI=1S/C19H25NO3.C2H2O4/c1-4-23-17-8-5-16(6-9-17)14-20-12-11-15-7-10-18(21-2)19(13-15)22-3;3-1(4)2(5)6/h5-10,13,20H,4,11-12,14H2,1-3H3;(H,3,4)(H,5,6). The van der Waals surface area contributed by atoms with Gasteiger partial charge in [0.15, 0.2) is 11.5 Å². The summed E-state index contributed by atoms with van der Waals surface area (Å²) in [4.78, 5) is 18.2. The molecular formula is C21H27NO7. The molecular weight excluding hydrogens is 378 g/mol. The lowest BCUT2D eigenvalue weighted by Crippen LogP contribution is -2.16. The highest BCUT2D eigenvalue weighted by atomic mass is 16.5. The number of benzene rings is 2. The zero-order valence-corrected chi connectivity index (χ0v) is 16.8. The number of nitrogens with one attached hydrogen (secondary N) is 1. The van der Waals surface area contributed by atoms with Crippen LogP contribution < -0.4 is 19.5 Å². The van der Waals surface area contributed by atoms with Crippen LogP contribution in [-0.2, 0) is 22.6 Å². The van der Waals surface area contributed by atoms with Crippen molar-refractivity contribution in [3.05, 3.63) is 53.6 Å². The molecule has 0 saturated heterocycles. The minimum Gasteiger partial charge on any atom is -0.494 e. The number of aliphatic carboxylic acids is 2. The van der Waals surface area contributed by atoms with E-state index in [2.05, 4.69) is 23.5 Å². The number of carboxylic acid groups (broad SMARTS) is 2. The van der Waals surface area contributed by atoms with Crippen LogP contribution in [-0.4, -0.2) is 49.5 Å². The summed E-state index contributed by atoms with van der Waals surface area (Å²) >= 11 is 0. The van der Waals surface area contributed by atoms with Crippen molar-refractivity contribution in [3.8, 4) is 17.2 Å². The second-order valence-electron chi connectivity index (χ2n) is 5.80. The number of carbonyl (C=O) groups is 2. The topological polar surface area (TPSA) is 114 Å². The highest BCUT2D eigenvalue weighted by molar-refractivity contribution is 6.27. The second-order valence-corrected chi connectivity index (χ2v) is 5.80. The molecule has 8 heteroatoms. The van der Waals surface area contributed by atoms with Crippen molar-refractivity contribution in [2.24, 2.45) is 0 Å². The third-order valence-corrected chi connectivity index (χ3v) is 3.78. The Morgan fingerprint density at radius 3 is 2.00 bits per heavy atom. The molecule has 0 heterocycles. The van der Waals surface area contributed by atoms with E-state index < -0.39 is 11.9 Å². The molecule has 0 aliphatic heterocycles. The van der Waals surface area contributed by atoms with Gasteiger partial charge in [0.2, 0.25) is 0 Å². The Morgan fingerprint density at radius 2 is 1.48 bits per heavy atom. The number of hydrogen-bond acceptors (Lipinski definition) is 6. The van der Waals surface area contributed by atoms with Gasteiger partial charge >= 0.3 is 11.9 Å². The highest BCUT2D eigenvalue weighted by Crippen LogP contribution is 2.27. The maximum Gasteiger partial charge on any atom is 0.414 e. The fourth-order valence-corrected chi connectivity index (χ4v) is 2.37. The van der Waals surface area contributed by atoms with Gasteiger partial charge in [0.05, 0.1) is 20.8 Å². The van der Waals surface area contributed by atoms with Gasteiger partial charge in [-0.05, 0) is 55.3 Å². The third-order valence-electron chi connectivity index (χ3n) is 3.78. The summed E-state index contributed by atoms with van der Waals surface area (Å²) in [7, 11) is 3.31. The van der Waals surface area contributed by atoms with Crippen molar-refractivity contribution in [3.63, 3.8) is 0 Å². The van der Waals surface area contributed by atoms with E-state index in [0.29, 0.717) is 6.61 Å². The maximum absolute atomic E-state index is 9.10. The van der Waals surface area contributed by atoms with E-state index >= 15 is 0 Å². The third kappa shape index (κ3) is 8.98. The van der Waals surface area contributed by atoms with Crippen molar-refractivity contribution in [2.45, 2.75) is 19.9 Å². The molecule has 158 valence electrons. The Kier molecular flexibility index (Phi) is 10.7. The maximum atomic E-state index is 9.10. The Hall–Kier alpha value is -3.26. The normalized spacial score (nSPS) is 9.76. The minimum atomic E-state index is -1.82. The largest absolute Gasteiger partial charge is 0.494 e. The van der Waals surface area contributed by atoms with Gasteiger partial charge in [-0.15, -0.1) is 0 Å². The van der Waals surface area contributed by atoms with Crippen LogP contribution in [0.25, 0.3) is 0 Å². The summed E-state index contributed by atoms with van der Waals surface area (Å²) in [6.07, 6.45) is 0.942. The molecule has 0 unspecified atom stereocenters. The Morgan fingerprint density at radius 1 is 0.897 bits per heavy atom. The summed E-state index contributed by atoms with van der Waals surface area (Å²) < 4.78 is 16.0. The van der Waals surface area contributed by atoms with Crippen molar-refractivity contribution >= 4 is 11.9 Å². The summed E-state index contributed by atoms with van der Waals surface area (Å²) in [5, 5.41) is 18.2. The van der Waals surface area contributed by atoms with Gasteiger partial charge in [-0.2, -0.15) is 0 Å². The zero-order valence-electron chi connectivity index (χ0n) is 16.8. The van der Waals surface area contributed by atoms with Crippen molar-refractivity contribution in [1.29, 1.82) is 0 Å². The first-order chi connectivity index (χ1) is 13.9. The molecule has 0 atom stereocenters. The fraction of sp³-hybridized carbons (Fsp3) is 0.333.